The van der Waals surface area contributed by atoms with Crippen LogP contribution in [-0.2, 0) is 9.53 Å². The number of nitrogens with zero attached hydrogens (tertiary/aromatic N) is 1. The summed E-state index contributed by atoms with van der Waals surface area (Å²) in [6.07, 6.45) is 1.84. The molecule has 5 nitrogen and oxygen atoms in total. The summed E-state index contributed by atoms with van der Waals surface area (Å²) in [5.74, 6) is -0.720. The molecule has 1 aliphatic carbocycles. The number of fused-ring (bicyclic) bond motifs is 1. The molecule has 0 saturated heterocycles. The Hall–Kier alpha value is -2.56. The van der Waals surface area contributed by atoms with Crippen LogP contribution in [0.4, 0.5) is 0 Å². The second-order valence-electron chi connectivity index (χ2n) is 5.41. The van der Waals surface area contributed by atoms with Crippen molar-refractivity contribution in [3.05, 3.63) is 64.0 Å². The fourth-order valence-corrected chi connectivity index (χ4v) is 2.96. The molecule has 5 heteroatoms. The highest BCUT2D eigenvalue weighted by Crippen LogP contribution is 2.38. The lowest BCUT2D eigenvalue weighted by Crippen LogP contribution is -2.20. The van der Waals surface area contributed by atoms with Gasteiger partial charge in [-0.3, -0.25) is 0 Å². The summed E-state index contributed by atoms with van der Waals surface area (Å²) in [7, 11) is 1.35. The fourth-order valence-electron chi connectivity index (χ4n) is 2.96. The maximum atomic E-state index is 12.3. The molecule has 0 bridgehead atoms. The molecule has 0 aliphatic heterocycles. The lowest BCUT2D eigenvalue weighted by atomic mass is 9.85. The second-order valence-corrected chi connectivity index (χ2v) is 5.41. The third-order valence-electron chi connectivity index (χ3n) is 4.03. The minimum absolute atomic E-state index is 0.119. The molecule has 1 aliphatic rings. The second kappa shape index (κ2) is 5.33. The average molecular weight is 299 g/mol. The zero-order valence-corrected chi connectivity index (χ0v) is 12.7. The first-order valence-electron chi connectivity index (χ1n) is 7.15. The third-order valence-corrected chi connectivity index (χ3v) is 4.03. The molecule has 2 atom stereocenters. The van der Waals surface area contributed by atoms with Crippen LogP contribution in [0, 0.1) is 0 Å². The summed E-state index contributed by atoms with van der Waals surface area (Å²) in [4.78, 5) is 24.2. The first-order chi connectivity index (χ1) is 10.5. The van der Waals surface area contributed by atoms with Crippen LogP contribution in [-0.4, -0.2) is 17.6 Å². The minimum Gasteiger partial charge on any atom is -0.466 e. The number of oxazole rings is 1. The van der Waals surface area contributed by atoms with Crippen LogP contribution in [0.25, 0.3) is 5.69 Å². The largest absolute Gasteiger partial charge is 0.466 e. The Morgan fingerprint density at radius 3 is 2.55 bits per heavy atom. The monoisotopic (exact) mass is 299 g/mol. The van der Waals surface area contributed by atoms with Crippen LogP contribution in [0.5, 0.6) is 0 Å². The number of hydrogen-bond acceptors (Lipinski definition) is 4. The number of carbonyl (C=O) groups excluding carboxylic acids is 1. The van der Waals surface area contributed by atoms with E-state index < -0.39 is 5.76 Å². The molecule has 114 valence electrons. The maximum Gasteiger partial charge on any atom is 0.424 e. The predicted octanol–water partition coefficient (Wildman–Crippen LogP) is 2.75. The number of ether oxygens (including phenoxy) is 1. The average Bonchev–Trinajstić information content (AvgIpc) is 2.89. The van der Waals surface area contributed by atoms with E-state index in [0.717, 1.165) is 11.4 Å². The summed E-state index contributed by atoms with van der Waals surface area (Å²) >= 11 is 0. The number of carbonyl (C=O) groups is 1. The van der Waals surface area contributed by atoms with E-state index in [9.17, 15) is 9.59 Å². The van der Waals surface area contributed by atoms with Gasteiger partial charge in [-0.2, -0.15) is 0 Å². The van der Waals surface area contributed by atoms with Crippen LogP contribution in [0.2, 0.25) is 0 Å². The Labute approximate surface area is 127 Å². The van der Waals surface area contributed by atoms with Gasteiger partial charge < -0.3 is 9.15 Å². The summed E-state index contributed by atoms with van der Waals surface area (Å²) < 4.78 is 11.8. The number of aromatic nitrogens is 1. The van der Waals surface area contributed by atoms with Gasteiger partial charge in [0.05, 0.1) is 18.5 Å². The van der Waals surface area contributed by atoms with Gasteiger partial charge in [0.2, 0.25) is 0 Å². The van der Waals surface area contributed by atoms with E-state index in [2.05, 4.69) is 0 Å². The Kier molecular flexibility index (Phi) is 3.48. The van der Waals surface area contributed by atoms with Gasteiger partial charge in [0, 0.05) is 17.4 Å². The number of para-hydroxylation sites is 1. The number of allylic oxidation sites excluding steroid dienone is 1. The smallest absolute Gasteiger partial charge is 0.424 e. The molecule has 0 spiro atoms. The highest BCUT2D eigenvalue weighted by Gasteiger charge is 2.34. The van der Waals surface area contributed by atoms with Gasteiger partial charge in [-0.15, -0.1) is 0 Å². The van der Waals surface area contributed by atoms with Gasteiger partial charge in [0.25, 0.3) is 0 Å². The molecule has 0 saturated carbocycles. The first kappa shape index (κ1) is 14.4. The highest BCUT2D eigenvalue weighted by molar-refractivity contribution is 5.90. The van der Waals surface area contributed by atoms with Crippen LogP contribution < -0.4 is 5.76 Å². The zero-order chi connectivity index (χ0) is 15.9. The van der Waals surface area contributed by atoms with Gasteiger partial charge in [-0.25, -0.2) is 14.2 Å². The van der Waals surface area contributed by atoms with Gasteiger partial charge >= 0.3 is 11.7 Å². The lowest BCUT2D eigenvalue weighted by Gasteiger charge is -2.22. The molecule has 2 aromatic rings. The van der Waals surface area contributed by atoms with Crippen molar-refractivity contribution in [3.63, 3.8) is 0 Å². The van der Waals surface area contributed by atoms with E-state index in [0.29, 0.717) is 11.3 Å². The first-order valence-corrected chi connectivity index (χ1v) is 7.15. The van der Waals surface area contributed by atoms with E-state index in [1.165, 1.54) is 7.11 Å². The maximum absolute atomic E-state index is 12.3. The van der Waals surface area contributed by atoms with E-state index in [1.54, 1.807) is 4.57 Å². The summed E-state index contributed by atoms with van der Waals surface area (Å²) in [6, 6.07) is 9.34. The van der Waals surface area contributed by atoms with Crippen LogP contribution in [0.15, 0.2) is 51.2 Å². The van der Waals surface area contributed by atoms with Gasteiger partial charge in [0.15, 0.2) is 0 Å². The standard InChI is InChI=1S/C17H17NO4/c1-10-9-13(16(19)21-3)11(2)15-14(10)18(17(20)22-15)12-7-5-4-6-8-12/h4-11H,1-3H3/t10-,11-/m1/s1. The molecule has 0 N–H and O–H groups in total. The third kappa shape index (κ3) is 2.09. The molecular weight excluding hydrogens is 282 g/mol. The predicted molar refractivity (Wildman–Crippen MR) is 81.2 cm³/mol. The number of hydrogen-bond donors (Lipinski definition) is 0. The molecule has 22 heavy (non-hydrogen) atoms. The molecule has 3 rings (SSSR count). The van der Waals surface area contributed by atoms with Crippen molar-refractivity contribution in [1.29, 1.82) is 0 Å². The van der Waals surface area contributed by atoms with E-state index in [4.69, 9.17) is 9.15 Å². The number of benzene rings is 1. The van der Waals surface area contributed by atoms with E-state index in [-0.39, 0.29) is 17.8 Å². The molecular formula is C17H17NO4. The van der Waals surface area contributed by atoms with Crippen molar-refractivity contribution in [2.45, 2.75) is 25.7 Å². The van der Waals surface area contributed by atoms with Crippen molar-refractivity contribution in [2.75, 3.05) is 7.11 Å². The van der Waals surface area contributed by atoms with Crippen molar-refractivity contribution in [3.8, 4) is 5.69 Å². The van der Waals surface area contributed by atoms with Crippen molar-refractivity contribution < 1.29 is 13.9 Å². The van der Waals surface area contributed by atoms with E-state index in [1.807, 2.05) is 50.3 Å². The molecule has 0 amide bonds. The van der Waals surface area contributed by atoms with E-state index >= 15 is 0 Å². The lowest BCUT2D eigenvalue weighted by molar-refractivity contribution is -0.136. The minimum atomic E-state index is -0.436. The van der Waals surface area contributed by atoms with Crippen LogP contribution in [0.1, 0.15) is 37.1 Å². The Bertz CT molecular complexity index is 798. The normalized spacial score (nSPS) is 20.2. The Morgan fingerprint density at radius 1 is 1.23 bits per heavy atom. The molecule has 0 fully saturated rings. The summed E-state index contributed by atoms with van der Waals surface area (Å²) in [5, 5.41) is 0. The van der Waals surface area contributed by atoms with Crippen LogP contribution >= 0.6 is 0 Å². The van der Waals surface area contributed by atoms with Crippen molar-refractivity contribution >= 4 is 5.97 Å². The summed E-state index contributed by atoms with van der Waals surface area (Å²) in [5.41, 5.74) is 2.07. The van der Waals surface area contributed by atoms with Gasteiger partial charge in [-0.05, 0) is 12.1 Å². The number of esters is 1. The Balaban J connectivity index is 2.18. The summed E-state index contributed by atoms with van der Waals surface area (Å²) in [6.45, 7) is 3.77. The SMILES string of the molecule is COC(=O)C1=C[C@@H](C)c2c(oc(=O)n2-c2ccccc2)[C@@H]1C. The number of rotatable bonds is 2. The quantitative estimate of drug-likeness (QED) is 0.800. The van der Waals surface area contributed by atoms with Crippen molar-refractivity contribution in [1.82, 2.24) is 4.57 Å². The van der Waals surface area contributed by atoms with Gasteiger partial charge in [0.1, 0.15) is 5.76 Å². The Morgan fingerprint density at radius 2 is 1.91 bits per heavy atom. The molecule has 1 aromatic heterocycles. The highest BCUT2D eigenvalue weighted by atomic mass is 16.5. The molecule has 1 heterocycles. The van der Waals surface area contributed by atoms with Crippen LogP contribution in [0.3, 0.4) is 0 Å². The fraction of sp³-hybridized carbons (Fsp3) is 0.294. The van der Waals surface area contributed by atoms with Gasteiger partial charge in [-0.1, -0.05) is 38.1 Å². The molecule has 0 unspecified atom stereocenters. The number of methoxy groups -OCH3 is 1. The zero-order valence-electron chi connectivity index (χ0n) is 12.7. The van der Waals surface area contributed by atoms with Crippen molar-refractivity contribution in [2.24, 2.45) is 0 Å². The topological polar surface area (TPSA) is 61.4 Å². The molecule has 0 radical (unpaired) electrons. The molecule has 1 aromatic carbocycles.